The second kappa shape index (κ2) is 5.20. The van der Waals surface area contributed by atoms with Crippen LogP contribution in [0.5, 0.6) is 0 Å². The number of rotatable bonds is 2. The van der Waals surface area contributed by atoms with Gasteiger partial charge in [0, 0.05) is 10.1 Å². The molecule has 5 heteroatoms. The van der Waals surface area contributed by atoms with Gasteiger partial charge in [-0.15, -0.1) is 11.8 Å². The Labute approximate surface area is 121 Å². The number of ketones is 1. The number of hydrogen-bond donors (Lipinski definition) is 1. The topological polar surface area (TPSA) is 46.2 Å². The van der Waals surface area contributed by atoms with Crippen LogP contribution in [0.4, 0.5) is 10.1 Å². The molecule has 1 aromatic rings. The van der Waals surface area contributed by atoms with Gasteiger partial charge in [-0.2, -0.15) is 0 Å². The Balaban J connectivity index is 1.83. The summed E-state index contributed by atoms with van der Waals surface area (Å²) in [6.07, 6.45) is 4.61. The van der Waals surface area contributed by atoms with Gasteiger partial charge in [0.15, 0.2) is 0 Å². The first kappa shape index (κ1) is 13.6. The van der Waals surface area contributed by atoms with E-state index in [1.807, 2.05) is 0 Å². The van der Waals surface area contributed by atoms with Crippen molar-refractivity contribution in [3.63, 3.8) is 0 Å². The number of amides is 1. The Bertz CT molecular complexity index is 587. The Morgan fingerprint density at radius 3 is 2.85 bits per heavy atom. The largest absolute Gasteiger partial charge is 0.318 e. The lowest BCUT2D eigenvalue weighted by molar-refractivity contribution is -0.112. The summed E-state index contributed by atoms with van der Waals surface area (Å²) in [6.45, 7) is 2.23. The van der Waals surface area contributed by atoms with E-state index in [2.05, 4.69) is 12.2 Å². The molecule has 1 saturated carbocycles. The maximum absolute atomic E-state index is 14.1. The Kier molecular flexibility index (Phi) is 3.54. The fraction of sp³-hybridized carbons (Fsp3) is 0.467. The molecule has 0 bridgehead atoms. The Hall–Kier alpha value is -1.36. The highest BCUT2D eigenvalue weighted by Gasteiger charge is 2.30. The van der Waals surface area contributed by atoms with E-state index < -0.39 is 17.5 Å². The molecule has 1 aliphatic heterocycles. The fourth-order valence-corrected chi connectivity index (χ4v) is 4.33. The minimum Gasteiger partial charge on any atom is -0.318 e. The molecule has 1 aromatic carbocycles. The van der Waals surface area contributed by atoms with Crippen LogP contribution in [0.25, 0.3) is 0 Å². The van der Waals surface area contributed by atoms with Crippen LogP contribution in [0.15, 0.2) is 17.0 Å². The minimum atomic E-state index is -0.673. The second-order valence-electron chi connectivity index (χ2n) is 5.62. The summed E-state index contributed by atoms with van der Waals surface area (Å²) in [4.78, 5) is 23.3. The highest BCUT2D eigenvalue weighted by atomic mass is 32.2. The number of nitrogens with one attached hydrogen (secondary N) is 1. The van der Waals surface area contributed by atoms with Gasteiger partial charge < -0.3 is 5.32 Å². The lowest BCUT2D eigenvalue weighted by Gasteiger charge is -2.26. The molecule has 1 heterocycles. The van der Waals surface area contributed by atoms with Crippen LogP contribution in [0.2, 0.25) is 0 Å². The SMILES string of the molecule is CC1CCCC(Sc2cc3c(cc2F)C(=O)C(=O)N3)C1. The van der Waals surface area contributed by atoms with Gasteiger partial charge in [0.1, 0.15) is 5.82 Å². The van der Waals surface area contributed by atoms with Crippen molar-refractivity contribution in [2.75, 3.05) is 5.32 Å². The van der Waals surface area contributed by atoms with Crippen LogP contribution in [0.3, 0.4) is 0 Å². The van der Waals surface area contributed by atoms with Gasteiger partial charge in [0.25, 0.3) is 11.7 Å². The third-order valence-electron chi connectivity index (χ3n) is 3.95. The first-order chi connectivity index (χ1) is 9.54. The van der Waals surface area contributed by atoms with E-state index in [9.17, 15) is 14.0 Å². The summed E-state index contributed by atoms with van der Waals surface area (Å²) in [6, 6.07) is 2.78. The number of benzene rings is 1. The molecule has 3 nitrogen and oxygen atoms in total. The van der Waals surface area contributed by atoms with Gasteiger partial charge in [-0.1, -0.05) is 19.8 Å². The van der Waals surface area contributed by atoms with Crippen molar-refractivity contribution in [1.82, 2.24) is 0 Å². The molecule has 0 saturated heterocycles. The molecule has 20 heavy (non-hydrogen) atoms. The normalized spacial score (nSPS) is 25.5. The lowest BCUT2D eigenvalue weighted by atomic mass is 9.91. The van der Waals surface area contributed by atoms with E-state index in [1.54, 1.807) is 6.07 Å². The van der Waals surface area contributed by atoms with E-state index in [4.69, 9.17) is 0 Å². The number of hydrogen-bond acceptors (Lipinski definition) is 3. The summed E-state index contributed by atoms with van der Waals surface area (Å²) in [5.41, 5.74) is 0.585. The predicted molar refractivity (Wildman–Crippen MR) is 76.6 cm³/mol. The van der Waals surface area contributed by atoms with Crippen molar-refractivity contribution in [1.29, 1.82) is 0 Å². The molecular formula is C15H16FNO2S. The standard InChI is InChI=1S/C15H16FNO2S/c1-8-3-2-4-9(5-8)20-13-7-12-10(6-11(13)16)14(18)15(19)17-12/h6-9H,2-5H2,1H3,(H,17,18,19). The van der Waals surface area contributed by atoms with Crippen LogP contribution in [0.1, 0.15) is 43.0 Å². The first-order valence-electron chi connectivity index (χ1n) is 6.90. The van der Waals surface area contributed by atoms with Crippen LogP contribution in [-0.4, -0.2) is 16.9 Å². The van der Waals surface area contributed by atoms with E-state index in [0.29, 0.717) is 21.8 Å². The summed E-state index contributed by atoms with van der Waals surface area (Å²) < 4.78 is 14.1. The van der Waals surface area contributed by atoms with E-state index in [0.717, 1.165) is 12.8 Å². The average Bonchev–Trinajstić information content (AvgIpc) is 2.66. The minimum absolute atomic E-state index is 0.147. The Morgan fingerprint density at radius 1 is 1.30 bits per heavy atom. The number of Topliss-reactive ketones (excluding diaryl/α,β-unsaturated/α-hetero) is 1. The molecule has 1 aliphatic carbocycles. The van der Waals surface area contributed by atoms with E-state index >= 15 is 0 Å². The maximum atomic E-state index is 14.1. The summed E-state index contributed by atoms with van der Waals surface area (Å²) >= 11 is 1.53. The highest BCUT2D eigenvalue weighted by Crippen LogP contribution is 2.39. The lowest BCUT2D eigenvalue weighted by Crippen LogP contribution is -2.15. The van der Waals surface area contributed by atoms with Gasteiger partial charge in [-0.05, 0) is 30.9 Å². The number of thioether (sulfide) groups is 1. The van der Waals surface area contributed by atoms with Gasteiger partial charge in [0.05, 0.1) is 11.3 Å². The van der Waals surface area contributed by atoms with E-state index in [-0.39, 0.29) is 5.56 Å². The number of halogens is 1. The molecule has 106 valence electrons. The third kappa shape index (κ3) is 2.46. The smallest absolute Gasteiger partial charge is 0.296 e. The van der Waals surface area contributed by atoms with Crippen molar-refractivity contribution in [3.8, 4) is 0 Å². The molecule has 0 aromatic heterocycles. The average molecular weight is 293 g/mol. The van der Waals surface area contributed by atoms with Crippen molar-refractivity contribution in [2.24, 2.45) is 5.92 Å². The molecule has 1 amide bonds. The zero-order chi connectivity index (χ0) is 14.3. The number of carbonyl (C=O) groups is 2. The summed E-state index contributed by atoms with van der Waals surface area (Å²) in [5.74, 6) is -1.05. The monoisotopic (exact) mass is 293 g/mol. The molecule has 3 rings (SSSR count). The van der Waals surface area contributed by atoms with Crippen LogP contribution >= 0.6 is 11.8 Å². The predicted octanol–water partition coefficient (Wildman–Crippen LogP) is 3.63. The molecule has 2 atom stereocenters. The quantitative estimate of drug-likeness (QED) is 0.847. The zero-order valence-electron chi connectivity index (χ0n) is 11.2. The molecule has 2 unspecified atom stereocenters. The highest BCUT2D eigenvalue weighted by molar-refractivity contribution is 8.00. The summed E-state index contributed by atoms with van der Waals surface area (Å²) in [7, 11) is 0. The third-order valence-corrected chi connectivity index (χ3v) is 5.28. The zero-order valence-corrected chi connectivity index (χ0v) is 12.1. The van der Waals surface area contributed by atoms with Gasteiger partial charge in [-0.3, -0.25) is 9.59 Å². The van der Waals surface area contributed by atoms with E-state index in [1.165, 1.54) is 30.7 Å². The number of carbonyl (C=O) groups excluding carboxylic acids is 2. The number of fused-ring (bicyclic) bond motifs is 1. The molecule has 2 aliphatic rings. The van der Waals surface area contributed by atoms with Gasteiger partial charge >= 0.3 is 0 Å². The van der Waals surface area contributed by atoms with Crippen molar-refractivity contribution in [2.45, 2.75) is 42.8 Å². The van der Waals surface area contributed by atoms with Crippen molar-refractivity contribution in [3.05, 3.63) is 23.5 Å². The molecule has 0 spiro atoms. The van der Waals surface area contributed by atoms with Crippen LogP contribution in [0, 0.1) is 11.7 Å². The molecule has 0 radical (unpaired) electrons. The molecule has 1 fully saturated rings. The van der Waals surface area contributed by atoms with Crippen LogP contribution in [-0.2, 0) is 4.79 Å². The van der Waals surface area contributed by atoms with Gasteiger partial charge in [-0.25, -0.2) is 4.39 Å². The number of anilines is 1. The Morgan fingerprint density at radius 2 is 2.10 bits per heavy atom. The fourth-order valence-electron chi connectivity index (χ4n) is 2.90. The van der Waals surface area contributed by atoms with Crippen molar-refractivity contribution < 1.29 is 14.0 Å². The van der Waals surface area contributed by atoms with Gasteiger partial charge in [0.2, 0.25) is 0 Å². The second-order valence-corrected chi connectivity index (χ2v) is 6.97. The first-order valence-corrected chi connectivity index (χ1v) is 7.78. The molecule has 1 N–H and O–H groups in total. The van der Waals surface area contributed by atoms with Crippen molar-refractivity contribution >= 4 is 29.1 Å². The summed E-state index contributed by atoms with van der Waals surface area (Å²) in [5, 5.41) is 2.91. The molecular weight excluding hydrogens is 277 g/mol. The van der Waals surface area contributed by atoms with Crippen LogP contribution < -0.4 is 5.32 Å². The maximum Gasteiger partial charge on any atom is 0.296 e.